The van der Waals surface area contributed by atoms with Gasteiger partial charge in [0.2, 0.25) is 0 Å². The van der Waals surface area contributed by atoms with Crippen LogP contribution >= 0.6 is 11.8 Å². The summed E-state index contributed by atoms with van der Waals surface area (Å²) in [6.45, 7) is 4.64. The summed E-state index contributed by atoms with van der Waals surface area (Å²) < 4.78 is 0. The minimum Gasteiger partial charge on any atom is -0.303 e. The van der Waals surface area contributed by atoms with E-state index in [9.17, 15) is 4.79 Å². The maximum Gasteiger partial charge on any atom is 0.119 e. The summed E-state index contributed by atoms with van der Waals surface area (Å²) in [7, 11) is 0. The normalized spacial score (nSPS) is 12.5. The van der Waals surface area contributed by atoms with Crippen LogP contribution in [0.25, 0.3) is 0 Å². The maximum atomic E-state index is 10.2. The number of aldehydes is 1. The monoisotopic (exact) mass is 314 g/mol. The molecule has 0 amide bonds. The Morgan fingerprint density at radius 1 is 0.857 bits per heavy atom. The van der Waals surface area contributed by atoms with Crippen LogP contribution in [-0.2, 0) is 4.79 Å². The third-order valence-electron chi connectivity index (χ3n) is 4.26. The number of hydrogen-bond donors (Lipinski definition) is 0. The fourth-order valence-electron chi connectivity index (χ4n) is 2.64. The Hall–Kier alpha value is 0.0200. The molecule has 0 fully saturated rings. The van der Waals surface area contributed by atoms with E-state index in [1.165, 1.54) is 82.1 Å². The smallest absolute Gasteiger partial charge is 0.119 e. The van der Waals surface area contributed by atoms with Crippen molar-refractivity contribution in [2.75, 3.05) is 11.5 Å². The predicted octanol–water partition coefficient (Wildman–Crippen LogP) is 6.65. The summed E-state index contributed by atoms with van der Waals surface area (Å²) in [5.74, 6) is 3.70. The lowest BCUT2D eigenvalue weighted by Crippen LogP contribution is -2.02. The van der Waals surface area contributed by atoms with E-state index in [2.05, 4.69) is 25.6 Å². The first-order valence-electron chi connectivity index (χ1n) is 9.36. The Balaban J connectivity index is 3.15. The lowest BCUT2D eigenvalue weighted by atomic mass is 10.0. The molecular weight excluding hydrogens is 276 g/mol. The number of hydrogen-bond acceptors (Lipinski definition) is 2. The van der Waals surface area contributed by atoms with Crippen LogP contribution in [0.3, 0.4) is 0 Å². The molecule has 0 spiro atoms. The molecule has 0 N–H and O–H groups in total. The highest BCUT2D eigenvalue weighted by Gasteiger charge is 2.05. The standard InChI is InChI=1S/C19H38OS/c1-3-5-15-19(4-2)18-21-17-14-12-10-8-6-7-9-11-13-16-20/h16,19H,3-15,17-18H2,1-2H3. The van der Waals surface area contributed by atoms with E-state index >= 15 is 0 Å². The van der Waals surface area contributed by atoms with Crippen LogP contribution in [-0.4, -0.2) is 17.8 Å². The molecule has 0 bridgehead atoms. The zero-order chi connectivity index (χ0) is 15.6. The largest absolute Gasteiger partial charge is 0.303 e. The third-order valence-corrected chi connectivity index (χ3v) is 5.54. The molecule has 0 rings (SSSR count). The van der Waals surface area contributed by atoms with Crippen LogP contribution in [0.2, 0.25) is 0 Å². The zero-order valence-electron chi connectivity index (χ0n) is 14.6. The Morgan fingerprint density at radius 3 is 2.05 bits per heavy atom. The number of carbonyl (C=O) groups excluding carboxylic acids is 1. The van der Waals surface area contributed by atoms with E-state index in [1.807, 2.05) is 0 Å². The first kappa shape index (κ1) is 21.0. The fraction of sp³-hybridized carbons (Fsp3) is 0.947. The topological polar surface area (TPSA) is 17.1 Å². The quantitative estimate of drug-likeness (QED) is 0.221. The molecule has 0 aliphatic carbocycles. The van der Waals surface area contributed by atoms with Gasteiger partial charge in [0, 0.05) is 6.42 Å². The molecule has 1 nitrogen and oxygen atoms in total. The van der Waals surface area contributed by atoms with E-state index in [-0.39, 0.29) is 0 Å². The molecular formula is C19H38OS. The molecule has 0 aromatic heterocycles. The van der Waals surface area contributed by atoms with E-state index in [4.69, 9.17) is 0 Å². The summed E-state index contributed by atoms with van der Waals surface area (Å²) in [6, 6.07) is 0. The van der Waals surface area contributed by atoms with E-state index < -0.39 is 0 Å². The highest BCUT2D eigenvalue weighted by molar-refractivity contribution is 7.99. The van der Waals surface area contributed by atoms with Crippen LogP contribution in [0.15, 0.2) is 0 Å². The molecule has 1 unspecified atom stereocenters. The Labute approximate surface area is 138 Å². The van der Waals surface area contributed by atoms with Crippen LogP contribution in [0.4, 0.5) is 0 Å². The summed E-state index contributed by atoms with van der Waals surface area (Å²) in [5.41, 5.74) is 0. The van der Waals surface area contributed by atoms with Gasteiger partial charge in [-0.05, 0) is 36.7 Å². The van der Waals surface area contributed by atoms with Gasteiger partial charge in [0.25, 0.3) is 0 Å². The summed E-state index contributed by atoms with van der Waals surface area (Å²) in [5, 5.41) is 0. The first-order valence-corrected chi connectivity index (χ1v) is 10.5. The van der Waals surface area contributed by atoms with E-state index in [1.54, 1.807) is 0 Å². The van der Waals surface area contributed by atoms with Gasteiger partial charge in [0.05, 0.1) is 0 Å². The van der Waals surface area contributed by atoms with Crippen LogP contribution in [0.1, 0.15) is 97.3 Å². The van der Waals surface area contributed by atoms with Gasteiger partial charge < -0.3 is 4.79 Å². The highest BCUT2D eigenvalue weighted by Crippen LogP contribution is 2.19. The van der Waals surface area contributed by atoms with Crippen LogP contribution in [0.5, 0.6) is 0 Å². The average molecular weight is 315 g/mol. The number of unbranched alkanes of at least 4 members (excludes halogenated alkanes) is 9. The second-order valence-corrected chi connectivity index (χ2v) is 7.43. The van der Waals surface area contributed by atoms with Crippen molar-refractivity contribution >= 4 is 18.0 Å². The van der Waals surface area contributed by atoms with Gasteiger partial charge in [0.15, 0.2) is 0 Å². The molecule has 2 heteroatoms. The van der Waals surface area contributed by atoms with Crippen molar-refractivity contribution in [3.63, 3.8) is 0 Å². The second kappa shape index (κ2) is 18.1. The molecule has 21 heavy (non-hydrogen) atoms. The molecule has 1 atom stereocenters. The molecule has 0 aliphatic rings. The second-order valence-electron chi connectivity index (χ2n) is 6.28. The van der Waals surface area contributed by atoms with Gasteiger partial charge in [-0.1, -0.05) is 71.6 Å². The van der Waals surface area contributed by atoms with Crippen molar-refractivity contribution in [2.24, 2.45) is 5.92 Å². The van der Waals surface area contributed by atoms with Crippen molar-refractivity contribution < 1.29 is 4.79 Å². The minimum absolute atomic E-state index is 0.758. The van der Waals surface area contributed by atoms with Gasteiger partial charge in [-0.2, -0.15) is 11.8 Å². The van der Waals surface area contributed by atoms with Crippen molar-refractivity contribution in [3.05, 3.63) is 0 Å². The molecule has 126 valence electrons. The first-order chi connectivity index (χ1) is 10.3. The summed E-state index contributed by atoms with van der Waals surface area (Å²) in [4.78, 5) is 10.2. The Kier molecular flexibility index (Phi) is 18.1. The molecule has 0 aromatic rings. The van der Waals surface area contributed by atoms with Crippen LogP contribution < -0.4 is 0 Å². The van der Waals surface area contributed by atoms with Gasteiger partial charge >= 0.3 is 0 Å². The summed E-state index contributed by atoms with van der Waals surface area (Å²) >= 11 is 2.18. The molecule has 0 heterocycles. The van der Waals surface area contributed by atoms with Crippen molar-refractivity contribution in [2.45, 2.75) is 97.3 Å². The SMILES string of the molecule is CCCCC(CC)CSCCCCCCCCCCC=O. The maximum absolute atomic E-state index is 10.2. The fourth-order valence-corrected chi connectivity index (χ4v) is 3.95. The van der Waals surface area contributed by atoms with Crippen molar-refractivity contribution in [1.82, 2.24) is 0 Å². The van der Waals surface area contributed by atoms with Crippen molar-refractivity contribution in [3.8, 4) is 0 Å². The lowest BCUT2D eigenvalue weighted by molar-refractivity contribution is -0.107. The predicted molar refractivity (Wildman–Crippen MR) is 98.2 cm³/mol. The van der Waals surface area contributed by atoms with Gasteiger partial charge in [-0.15, -0.1) is 0 Å². The average Bonchev–Trinajstić information content (AvgIpc) is 2.51. The highest BCUT2D eigenvalue weighted by atomic mass is 32.2. The molecule has 0 saturated heterocycles. The Morgan fingerprint density at radius 2 is 1.48 bits per heavy atom. The summed E-state index contributed by atoms with van der Waals surface area (Å²) in [6.07, 6.45) is 18.0. The third kappa shape index (κ3) is 16.2. The number of rotatable bonds is 17. The van der Waals surface area contributed by atoms with Gasteiger partial charge in [-0.3, -0.25) is 0 Å². The van der Waals surface area contributed by atoms with Crippen molar-refractivity contribution in [1.29, 1.82) is 0 Å². The zero-order valence-corrected chi connectivity index (χ0v) is 15.4. The minimum atomic E-state index is 0.758. The molecule has 0 aromatic carbocycles. The molecule has 0 radical (unpaired) electrons. The lowest BCUT2D eigenvalue weighted by Gasteiger charge is -2.13. The number of thioether (sulfide) groups is 1. The van der Waals surface area contributed by atoms with E-state index in [0.717, 1.165) is 25.0 Å². The van der Waals surface area contributed by atoms with E-state index in [0.29, 0.717) is 0 Å². The van der Waals surface area contributed by atoms with Crippen LogP contribution in [0, 0.1) is 5.92 Å². The Bertz CT molecular complexity index is 206. The molecule has 0 aliphatic heterocycles. The molecule has 0 saturated carbocycles. The number of carbonyl (C=O) groups is 1. The van der Waals surface area contributed by atoms with Gasteiger partial charge in [0.1, 0.15) is 6.29 Å². The van der Waals surface area contributed by atoms with Gasteiger partial charge in [-0.25, -0.2) is 0 Å².